The molecule has 0 fully saturated rings. The summed E-state index contributed by atoms with van der Waals surface area (Å²) in [7, 11) is 0. The van der Waals surface area contributed by atoms with Gasteiger partial charge in [-0.3, -0.25) is 10.1 Å². The Morgan fingerprint density at radius 3 is 2.82 bits per heavy atom. The average molecular weight is 259 g/mol. The van der Waals surface area contributed by atoms with Crippen molar-refractivity contribution in [3.8, 4) is 0 Å². The van der Waals surface area contributed by atoms with E-state index in [4.69, 9.17) is 16.7 Å². The van der Waals surface area contributed by atoms with E-state index < -0.39 is 4.92 Å². The second kappa shape index (κ2) is 6.42. The summed E-state index contributed by atoms with van der Waals surface area (Å²) < 4.78 is 0. The lowest BCUT2D eigenvalue weighted by atomic mass is 10.1. The molecule has 0 aliphatic carbocycles. The van der Waals surface area contributed by atoms with E-state index in [-0.39, 0.29) is 12.3 Å². The van der Waals surface area contributed by atoms with E-state index in [9.17, 15) is 10.1 Å². The first-order chi connectivity index (χ1) is 8.04. The smallest absolute Gasteiger partial charge is 0.271 e. The Morgan fingerprint density at radius 2 is 2.29 bits per heavy atom. The molecule has 0 spiro atoms. The maximum absolute atomic E-state index is 10.5. The van der Waals surface area contributed by atoms with Crippen molar-refractivity contribution in [1.82, 2.24) is 0 Å². The van der Waals surface area contributed by atoms with Gasteiger partial charge in [-0.25, -0.2) is 0 Å². The van der Waals surface area contributed by atoms with Crippen LogP contribution in [0.25, 0.3) is 0 Å². The quantitative estimate of drug-likeness (QED) is 0.608. The minimum absolute atomic E-state index is 0.0241. The molecular formula is C11H15ClN2O3. The number of hydrogen-bond acceptors (Lipinski definition) is 4. The monoisotopic (exact) mass is 258 g/mol. The first-order valence-electron chi connectivity index (χ1n) is 5.33. The number of nitro benzene ring substituents is 1. The fourth-order valence-corrected chi connectivity index (χ4v) is 1.61. The molecular weight excluding hydrogens is 244 g/mol. The molecule has 1 aromatic carbocycles. The highest BCUT2D eigenvalue weighted by Gasteiger charge is 2.09. The van der Waals surface area contributed by atoms with Gasteiger partial charge in [0.15, 0.2) is 0 Å². The van der Waals surface area contributed by atoms with Crippen LogP contribution >= 0.6 is 11.6 Å². The van der Waals surface area contributed by atoms with Gasteiger partial charge in [-0.2, -0.15) is 0 Å². The Hall–Kier alpha value is -1.33. The van der Waals surface area contributed by atoms with E-state index in [0.717, 1.165) is 0 Å². The molecule has 1 atom stereocenters. The number of nitro groups is 1. The van der Waals surface area contributed by atoms with E-state index >= 15 is 0 Å². The number of rotatable bonds is 6. The van der Waals surface area contributed by atoms with E-state index in [1.165, 1.54) is 12.1 Å². The number of aliphatic hydroxyl groups excluding tert-OH is 1. The van der Waals surface area contributed by atoms with Crippen LogP contribution < -0.4 is 5.32 Å². The molecule has 0 heterocycles. The SMILES string of the molecule is CC(CCO)CNc1ccc([N+](=O)[O-])cc1Cl. The van der Waals surface area contributed by atoms with Gasteiger partial charge in [0.05, 0.1) is 15.6 Å². The van der Waals surface area contributed by atoms with Crippen molar-refractivity contribution in [3.63, 3.8) is 0 Å². The normalized spacial score (nSPS) is 12.2. The zero-order chi connectivity index (χ0) is 12.8. The molecule has 0 bridgehead atoms. The fraction of sp³-hybridized carbons (Fsp3) is 0.455. The number of anilines is 1. The van der Waals surface area contributed by atoms with Gasteiger partial charge in [0.25, 0.3) is 5.69 Å². The maximum Gasteiger partial charge on any atom is 0.271 e. The van der Waals surface area contributed by atoms with E-state index in [1.807, 2.05) is 6.92 Å². The highest BCUT2D eigenvalue weighted by molar-refractivity contribution is 6.33. The van der Waals surface area contributed by atoms with E-state index in [1.54, 1.807) is 6.07 Å². The van der Waals surface area contributed by atoms with Crippen LogP contribution in [0, 0.1) is 16.0 Å². The third kappa shape index (κ3) is 4.20. The summed E-state index contributed by atoms with van der Waals surface area (Å²) in [5.41, 5.74) is 0.644. The van der Waals surface area contributed by atoms with Crippen LogP contribution in [-0.4, -0.2) is 23.2 Å². The standard InChI is InChI=1S/C11H15ClN2O3/c1-8(4-5-15)7-13-11-3-2-9(14(16)17)6-10(11)12/h2-3,6,8,13,15H,4-5,7H2,1H3. The van der Waals surface area contributed by atoms with Gasteiger partial charge in [0.1, 0.15) is 0 Å². The van der Waals surface area contributed by atoms with Crippen molar-refractivity contribution in [3.05, 3.63) is 33.3 Å². The van der Waals surface area contributed by atoms with Gasteiger partial charge < -0.3 is 10.4 Å². The predicted molar refractivity (Wildman–Crippen MR) is 67.5 cm³/mol. The number of hydrogen-bond donors (Lipinski definition) is 2. The fourth-order valence-electron chi connectivity index (χ4n) is 1.37. The average Bonchev–Trinajstić information content (AvgIpc) is 2.27. The molecule has 0 aliphatic rings. The molecule has 0 aliphatic heterocycles. The second-order valence-electron chi connectivity index (χ2n) is 3.92. The first kappa shape index (κ1) is 13.7. The van der Waals surface area contributed by atoms with Crippen LogP contribution in [0.5, 0.6) is 0 Å². The molecule has 1 aromatic rings. The molecule has 1 rings (SSSR count). The van der Waals surface area contributed by atoms with Crippen LogP contribution in [0.1, 0.15) is 13.3 Å². The summed E-state index contributed by atoms with van der Waals surface area (Å²) in [6.07, 6.45) is 0.706. The van der Waals surface area contributed by atoms with E-state index in [0.29, 0.717) is 29.6 Å². The molecule has 0 aromatic heterocycles. The molecule has 0 saturated carbocycles. The first-order valence-corrected chi connectivity index (χ1v) is 5.71. The lowest BCUT2D eigenvalue weighted by Gasteiger charge is -2.13. The van der Waals surface area contributed by atoms with Gasteiger partial charge >= 0.3 is 0 Å². The Balaban J connectivity index is 2.63. The second-order valence-corrected chi connectivity index (χ2v) is 4.33. The Bertz CT molecular complexity index is 398. The summed E-state index contributed by atoms with van der Waals surface area (Å²) in [5.74, 6) is 0.311. The lowest BCUT2D eigenvalue weighted by molar-refractivity contribution is -0.384. The Kier molecular flexibility index (Phi) is 5.18. The van der Waals surface area contributed by atoms with Crippen molar-refractivity contribution < 1.29 is 10.0 Å². The summed E-state index contributed by atoms with van der Waals surface area (Å²) in [5, 5.41) is 22.7. The zero-order valence-electron chi connectivity index (χ0n) is 9.52. The molecule has 94 valence electrons. The lowest BCUT2D eigenvalue weighted by Crippen LogP contribution is -2.12. The van der Waals surface area contributed by atoms with Crippen molar-refractivity contribution in [2.24, 2.45) is 5.92 Å². The van der Waals surface area contributed by atoms with Gasteiger partial charge in [-0.15, -0.1) is 0 Å². The van der Waals surface area contributed by atoms with E-state index in [2.05, 4.69) is 5.32 Å². The molecule has 6 heteroatoms. The number of aliphatic hydroxyl groups is 1. The molecule has 17 heavy (non-hydrogen) atoms. The van der Waals surface area contributed by atoms with Crippen LogP contribution in [0.15, 0.2) is 18.2 Å². The van der Waals surface area contributed by atoms with Crippen molar-refractivity contribution in [1.29, 1.82) is 0 Å². The number of benzene rings is 1. The Morgan fingerprint density at radius 1 is 1.59 bits per heavy atom. The number of non-ortho nitro benzene ring substituents is 1. The molecule has 0 saturated heterocycles. The van der Waals surface area contributed by atoms with Gasteiger partial charge in [-0.05, 0) is 18.4 Å². The summed E-state index contributed by atoms with van der Waals surface area (Å²) in [6, 6.07) is 4.32. The topological polar surface area (TPSA) is 75.4 Å². The molecule has 0 radical (unpaired) electrons. The minimum atomic E-state index is -0.482. The predicted octanol–water partition coefficient (Wildman–Crippen LogP) is 2.68. The third-order valence-corrected chi connectivity index (χ3v) is 2.74. The van der Waals surface area contributed by atoms with Gasteiger partial charge in [-0.1, -0.05) is 18.5 Å². The minimum Gasteiger partial charge on any atom is -0.396 e. The maximum atomic E-state index is 10.5. The zero-order valence-corrected chi connectivity index (χ0v) is 10.3. The van der Waals surface area contributed by atoms with Crippen molar-refractivity contribution >= 4 is 23.0 Å². The third-order valence-electron chi connectivity index (χ3n) is 2.43. The summed E-state index contributed by atoms with van der Waals surface area (Å²) >= 11 is 5.92. The van der Waals surface area contributed by atoms with Crippen LogP contribution in [0.4, 0.5) is 11.4 Å². The summed E-state index contributed by atoms with van der Waals surface area (Å²) in [6.45, 7) is 2.82. The van der Waals surface area contributed by atoms with Crippen LogP contribution in [0.3, 0.4) is 0 Å². The van der Waals surface area contributed by atoms with Gasteiger partial charge in [0.2, 0.25) is 0 Å². The van der Waals surface area contributed by atoms with Crippen LogP contribution in [-0.2, 0) is 0 Å². The largest absolute Gasteiger partial charge is 0.396 e. The molecule has 0 amide bonds. The molecule has 2 N–H and O–H groups in total. The number of halogens is 1. The summed E-state index contributed by atoms with van der Waals surface area (Å²) in [4.78, 5) is 10.0. The van der Waals surface area contributed by atoms with Crippen molar-refractivity contribution in [2.45, 2.75) is 13.3 Å². The van der Waals surface area contributed by atoms with Crippen molar-refractivity contribution in [2.75, 3.05) is 18.5 Å². The number of nitrogens with one attached hydrogen (secondary N) is 1. The number of nitrogens with zero attached hydrogens (tertiary/aromatic N) is 1. The molecule has 5 nitrogen and oxygen atoms in total. The highest BCUT2D eigenvalue weighted by atomic mass is 35.5. The van der Waals surface area contributed by atoms with Gasteiger partial charge in [0, 0.05) is 25.3 Å². The molecule has 1 unspecified atom stereocenters. The highest BCUT2D eigenvalue weighted by Crippen LogP contribution is 2.26. The Labute approximate surface area is 105 Å². The van der Waals surface area contributed by atoms with Crippen LogP contribution in [0.2, 0.25) is 5.02 Å².